The van der Waals surface area contributed by atoms with Gasteiger partial charge in [-0.15, -0.1) is 4.09 Å². The maximum absolute atomic E-state index is 12.8. The summed E-state index contributed by atoms with van der Waals surface area (Å²) in [6.45, 7) is 8.33. The highest BCUT2D eigenvalue weighted by atomic mass is 32.2. The maximum Gasteiger partial charge on any atom is 0.284 e. The molecule has 0 amide bonds. The molecule has 0 aliphatic carbocycles. The van der Waals surface area contributed by atoms with E-state index in [9.17, 15) is 8.42 Å². The first-order valence-corrected chi connectivity index (χ1v) is 9.82. The fourth-order valence-electron chi connectivity index (χ4n) is 2.66. The molecule has 0 bridgehead atoms. The molecule has 0 atom stereocenters. The second-order valence-electron chi connectivity index (χ2n) is 7.44. The Morgan fingerprint density at radius 3 is 2.08 bits per heavy atom. The monoisotopic (exact) mass is 369 g/mol. The molecule has 0 saturated heterocycles. The van der Waals surface area contributed by atoms with Gasteiger partial charge in [-0.25, -0.2) is 0 Å². The van der Waals surface area contributed by atoms with Crippen LogP contribution in [0.4, 0.5) is 5.82 Å². The zero-order valence-electron chi connectivity index (χ0n) is 15.4. The third kappa shape index (κ3) is 3.37. The van der Waals surface area contributed by atoms with Crippen LogP contribution in [0.2, 0.25) is 0 Å². The van der Waals surface area contributed by atoms with E-state index in [0.29, 0.717) is 5.69 Å². The molecule has 3 rings (SSSR count). The van der Waals surface area contributed by atoms with E-state index in [-0.39, 0.29) is 16.1 Å². The van der Waals surface area contributed by atoms with E-state index in [1.165, 1.54) is 5.56 Å². The first-order valence-electron chi connectivity index (χ1n) is 8.38. The SMILES string of the molecule is Cc1ccc(S(=O)(=O)n2nc(-c3ccc(C(C)(C)C)cc3)cc2N)cc1. The predicted octanol–water partition coefficient (Wildman–Crippen LogP) is 3.98. The number of anilines is 1. The number of nitrogens with two attached hydrogens (primary N) is 1. The standard InChI is InChI=1S/C20H23N3O2S/c1-14-5-11-17(12-6-14)26(24,25)23-19(21)13-18(22-23)15-7-9-16(10-8-15)20(2,3)4/h5-13H,21H2,1-4H3. The Hall–Kier alpha value is -2.60. The Balaban J connectivity index is 2.00. The van der Waals surface area contributed by atoms with Crippen LogP contribution < -0.4 is 5.73 Å². The number of rotatable bonds is 3. The number of nitrogen functional groups attached to an aromatic ring is 1. The van der Waals surface area contributed by atoms with Crippen molar-refractivity contribution in [1.82, 2.24) is 9.19 Å². The number of nitrogens with zero attached hydrogens (tertiary/aromatic N) is 2. The van der Waals surface area contributed by atoms with Gasteiger partial charge in [0.2, 0.25) is 0 Å². The Morgan fingerprint density at radius 2 is 1.54 bits per heavy atom. The first-order chi connectivity index (χ1) is 12.1. The van der Waals surface area contributed by atoms with Crippen LogP contribution >= 0.6 is 0 Å². The van der Waals surface area contributed by atoms with Gasteiger partial charge in [-0.05, 0) is 30.0 Å². The minimum absolute atomic E-state index is 0.0473. The van der Waals surface area contributed by atoms with Crippen LogP contribution in [-0.2, 0) is 15.4 Å². The van der Waals surface area contributed by atoms with E-state index in [1.807, 2.05) is 31.2 Å². The van der Waals surface area contributed by atoms with Gasteiger partial charge in [-0.3, -0.25) is 0 Å². The van der Waals surface area contributed by atoms with Gasteiger partial charge >= 0.3 is 0 Å². The second-order valence-corrected chi connectivity index (χ2v) is 9.21. The smallest absolute Gasteiger partial charge is 0.284 e. The summed E-state index contributed by atoms with van der Waals surface area (Å²) in [6.07, 6.45) is 0. The van der Waals surface area contributed by atoms with Gasteiger partial charge < -0.3 is 5.73 Å². The van der Waals surface area contributed by atoms with E-state index in [2.05, 4.69) is 25.9 Å². The maximum atomic E-state index is 12.8. The Morgan fingerprint density at radius 1 is 0.962 bits per heavy atom. The Bertz CT molecular complexity index is 1030. The summed E-state index contributed by atoms with van der Waals surface area (Å²) in [5, 5.41) is 4.25. The molecule has 1 aromatic heterocycles. The largest absolute Gasteiger partial charge is 0.383 e. The van der Waals surface area contributed by atoms with Crippen molar-refractivity contribution < 1.29 is 8.42 Å². The molecule has 0 spiro atoms. The first kappa shape index (κ1) is 18.2. The number of aromatic nitrogens is 2. The molecule has 3 aromatic rings. The van der Waals surface area contributed by atoms with Gasteiger partial charge in [-0.2, -0.15) is 13.5 Å². The van der Waals surface area contributed by atoms with Crippen molar-refractivity contribution in [1.29, 1.82) is 0 Å². The lowest BCUT2D eigenvalue weighted by Crippen LogP contribution is -2.16. The Kier molecular flexibility index (Phi) is 4.40. The van der Waals surface area contributed by atoms with Crippen LogP contribution in [0, 0.1) is 6.92 Å². The lowest BCUT2D eigenvalue weighted by molar-refractivity contribution is 0.581. The predicted molar refractivity (Wildman–Crippen MR) is 105 cm³/mol. The second kappa shape index (κ2) is 6.29. The molecule has 26 heavy (non-hydrogen) atoms. The Labute approximate surface area is 154 Å². The van der Waals surface area contributed by atoms with Crippen molar-refractivity contribution in [3.8, 4) is 11.3 Å². The highest BCUT2D eigenvalue weighted by Gasteiger charge is 2.22. The van der Waals surface area contributed by atoms with Crippen molar-refractivity contribution in [2.24, 2.45) is 0 Å². The van der Waals surface area contributed by atoms with Crippen molar-refractivity contribution >= 4 is 15.8 Å². The minimum atomic E-state index is -3.82. The van der Waals surface area contributed by atoms with Gasteiger partial charge in [0.15, 0.2) is 0 Å². The summed E-state index contributed by atoms with van der Waals surface area (Å²) in [5.74, 6) is 0.0838. The third-order valence-electron chi connectivity index (χ3n) is 4.30. The summed E-state index contributed by atoms with van der Waals surface area (Å²) < 4.78 is 26.5. The average Bonchev–Trinajstić information content (AvgIpc) is 2.97. The van der Waals surface area contributed by atoms with Crippen LogP contribution in [0.1, 0.15) is 31.9 Å². The molecule has 0 radical (unpaired) electrons. The zero-order chi connectivity index (χ0) is 19.1. The molecule has 0 saturated carbocycles. The molecule has 0 fully saturated rings. The minimum Gasteiger partial charge on any atom is -0.383 e. The molecule has 6 heteroatoms. The van der Waals surface area contributed by atoms with Gasteiger partial charge in [0.05, 0.1) is 10.6 Å². The molecule has 2 aromatic carbocycles. The van der Waals surface area contributed by atoms with Crippen LogP contribution in [0.25, 0.3) is 11.3 Å². The summed E-state index contributed by atoms with van der Waals surface area (Å²) in [7, 11) is -3.82. The van der Waals surface area contributed by atoms with Crippen LogP contribution in [0.3, 0.4) is 0 Å². The molecule has 2 N–H and O–H groups in total. The van der Waals surface area contributed by atoms with Crippen molar-refractivity contribution in [3.05, 3.63) is 65.7 Å². The van der Waals surface area contributed by atoms with E-state index in [4.69, 9.17) is 5.73 Å². The van der Waals surface area contributed by atoms with E-state index in [1.54, 1.807) is 30.3 Å². The molecule has 1 heterocycles. The van der Waals surface area contributed by atoms with Crippen LogP contribution in [0.5, 0.6) is 0 Å². The van der Waals surface area contributed by atoms with Crippen molar-refractivity contribution in [2.75, 3.05) is 5.73 Å². The summed E-state index contributed by atoms with van der Waals surface area (Å²) >= 11 is 0. The van der Waals surface area contributed by atoms with E-state index < -0.39 is 10.0 Å². The van der Waals surface area contributed by atoms with Crippen LogP contribution in [-0.4, -0.2) is 17.6 Å². The third-order valence-corrected chi connectivity index (χ3v) is 5.91. The van der Waals surface area contributed by atoms with Gasteiger partial charge in [0, 0.05) is 11.6 Å². The number of hydrogen-bond acceptors (Lipinski definition) is 4. The topological polar surface area (TPSA) is 78.0 Å². The fraction of sp³-hybridized carbons (Fsp3) is 0.250. The average molecular weight is 369 g/mol. The fourth-order valence-corrected chi connectivity index (χ4v) is 3.87. The molecule has 0 unspecified atom stereocenters. The molecular weight excluding hydrogens is 346 g/mol. The highest BCUT2D eigenvalue weighted by Crippen LogP contribution is 2.27. The number of hydrogen-bond donors (Lipinski definition) is 1. The number of aryl methyl sites for hydroxylation is 1. The quantitative estimate of drug-likeness (QED) is 0.757. The van der Waals surface area contributed by atoms with Crippen LogP contribution in [0.15, 0.2) is 59.5 Å². The number of benzene rings is 2. The molecular formula is C20H23N3O2S. The van der Waals surface area contributed by atoms with Gasteiger partial charge in [-0.1, -0.05) is 62.7 Å². The van der Waals surface area contributed by atoms with E-state index in [0.717, 1.165) is 15.2 Å². The molecule has 0 aliphatic heterocycles. The lowest BCUT2D eigenvalue weighted by atomic mass is 9.86. The molecule has 5 nitrogen and oxygen atoms in total. The summed E-state index contributed by atoms with van der Waals surface area (Å²) in [5.41, 5.74) is 9.53. The summed E-state index contributed by atoms with van der Waals surface area (Å²) in [4.78, 5) is 0.160. The van der Waals surface area contributed by atoms with Gasteiger partial charge in [0.1, 0.15) is 5.82 Å². The van der Waals surface area contributed by atoms with Gasteiger partial charge in [0.25, 0.3) is 10.0 Å². The van der Waals surface area contributed by atoms with Crippen molar-refractivity contribution in [3.63, 3.8) is 0 Å². The highest BCUT2D eigenvalue weighted by molar-refractivity contribution is 7.90. The van der Waals surface area contributed by atoms with E-state index >= 15 is 0 Å². The van der Waals surface area contributed by atoms with Crippen molar-refractivity contribution in [2.45, 2.75) is 38.0 Å². The lowest BCUT2D eigenvalue weighted by Gasteiger charge is -2.18. The normalized spacial score (nSPS) is 12.3. The molecule has 136 valence electrons. The molecule has 0 aliphatic rings. The summed E-state index contributed by atoms with van der Waals surface area (Å²) in [6, 6.07) is 16.1. The zero-order valence-corrected chi connectivity index (χ0v) is 16.2.